The first-order chi connectivity index (χ1) is 15.3. The monoisotopic (exact) mass is 454 g/mol. The summed E-state index contributed by atoms with van der Waals surface area (Å²) in [6.45, 7) is 8.61. The smallest absolute Gasteiger partial charge is 0.234 e. The Hall–Kier alpha value is -3.00. The lowest BCUT2D eigenvalue weighted by atomic mass is 10.0. The van der Waals surface area contributed by atoms with Gasteiger partial charge in [0.05, 0.1) is 18.6 Å². The number of nitrogens with one attached hydrogen (secondary N) is 1. The lowest BCUT2D eigenvalue weighted by molar-refractivity contribution is -0.113. The number of rotatable bonds is 9. The van der Waals surface area contributed by atoms with Crippen LogP contribution in [0.25, 0.3) is 0 Å². The van der Waals surface area contributed by atoms with Gasteiger partial charge in [-0.05, 0) is 54.7 Å². The summed E-state index contributed by atoms with van der Waals surface area (Å²) in [5, 5.41) is 12.0. The first kappa shape index (κ1) is 23.7. The summed E-state index contributed by atoms with van der Waals surface area (Å²) in [5.41, 5.74) is 4.01. The summed E-state index contributed by atoms with van der Waals surface area (Å²) in [6.07, 6.45) is 0. The van der Waals surface area contributed by atoms with Crippen LogP contribution in [0.1, 0.15) is 42.3 Å². The zero-order valence-electron chi connectivity index (χ0n) is 19.4. The zero-order chi connectivity index (χ0) is 23.3. The van der Waals surface area contributed by atoms with Crippen LogP contribution >= 0.6 is 11.8 Å². The Kier molecular flexibility index (Phi) is 7.80. The molecule has 0 saturated heterocycles. The minimum Gasteiger partial charge on any atom is -0.495 e. The van der Waals surface area contributed by atoms with E-state index in [-0.39, 0.29) is 11.7 Å². The third-order valence-electron chi connectivity index (χ3n) is 5.03. The van der Waals surface area contributed by atoms with Crippen LogP contribution in [-0.2, 0) is 18.4 Å². The van der Waals surface area contributed by atoms with Crippen molar-refractivity contribution in [2.45, 2.75) is 45.4 Å². The number of hydrogen-bond acceptors (Lipinski definition) is 6. The molecular weight excluding hydrogens is 424 g/mol. The SMILES string of the molecule is COc1ccc(C)cc1NC(=O)CSc1nnc(COc2cc(C)ccc2C(C)C)n1C. The third-order valence-corrected chi connectivity index (χ3v) is 6.05. The van der Waals surface area contributed by atoms with E-state index in [2.05, 4.69) is 41.5 Å². The normalized spacial score (nSPS) is 11.0. The Morgan fingerprint density at radius 3 is 2.53 bits per heavy atom. The van der Waals surface area contributed by atoms with Crippen molar-refractivity contribution < 1.29 is 14.3 Å². The van der Waals surface area contributed by atoms with Gasteiger partial charge in [0.1, 0.15) is 18.1 Å². The number of amides is 1. The number of benzene rings is 2. The Labute approximate surface area is 193 Å². The molecule has 0 aliphatic rings. The molecule has 0 atom stereocenters. The molecule has 0 aliphatic heterocycles. The molecule has 0 radical (unpaired) electrons. The fourth-order valence-electron chi connectivity index (χ4n) is 3.22. The molecule has 2 aromatic carbocycles. The number of methoxy groups -OCH3 is 1. The number of nitrogens with zero attached hydrogens (tertiary/aromatic N) is 3. The van der Waals surface area contributed by atoms with E-state index in [1.54, 1.807) is 7.11 Å². The Bertz CT molecular complexity index is 1090. The highest BCUT2D eigenvalue weighted by atomic mass is 32.2. The summed E-state index contributed by atoms with van der Waals surface area (Å²) in [4.78, 5) is 12.5. The Morgan fingerprint density at radius 2 is 1.81 bits per heavy atom. The summed E-state index contributed by atoms with van der Waals surface area (Å²) < 4.78 is 13.3. The molecule has 170 valence electrons. The first-order valence-corrected chi connectivity index (χ1v) is 11.5. The second kappa shape index (κ2) is 10.5. The van der Waals surface area contributed by atoms with Gasteiger partial charge in [-0.15, -0.1) is 10.2 Å². The lowest BCUT2D eigenvalue weighted by Crippen LogP contribution is -2.15. The van der Waals surface area contributed by atoms with E-state index in [0.29, 0.717) is 34.9 Å². The van der Waals surface area contributed by atoms with Crippen molar-refractivity contribution in [3.8, 4) is 11.5 Å². The van der Waals surface area contributed by atoms with Crippen molar-refractivity contribution >= 4 is 23.4 Å². The largest absolute Gasteiger partial charge is 0.495 e. The van der Waals surface area contributed by atoms with E-state index >= 15 is 0 Å². The molecule has 0 aliphatic carbocycles. The molecule has 1 amide bonds. The van der Waals surface area contributed by atoms with E-state index in [4.69, 9.17) is 9.47 Å². The van der Waals surface area contributed by atoms with Crippen LogP contribution in [-0.4, -0.2) is 33.5 Å². The van der Waals surface area contributed by atoms with Gasteiger partial charge < -0.3 is 19.4 Å². The van der Waals surface area contributed by atoms with E-state index in [1.807, 2.05) is 49.7 Å². The lowest BCUT2D eigenvalue weighted by Gasteiger charge is -2.14. The maximum atomic E-state index is 12.5. The number of thioether (sulfide) groups is 1. The van der Waals surface area contributed by atoms with Crippen LogP contribution < -0.4 is 14.8 Å². The minimum absolute atomic E-state index is 0.138. The van der Waals surface area contributed by atoms with Crippen molar-refractivity contribution in [2.24, 2.45) is 7.05 Å². The highest BCUT2D eigenvalue weighted by Crippen LogP contribution is 2.29. The molecule has 3 rings (SSSR count). The van der Waals surface area contributed by atoms with Crippen LogP contribution in [0.4, 0.5) is 5.69 Å². The molecule has 1 N–H and O–H groups in total. The van der Waals surface area contributed by atoms with Gasteiger partial charge in [0, 0.05) is 7.05 Å². The summed E-state index contributed by atoms with van der Waals surface area (Å²) in [5.74, 6) is 2.62. The Morgan fingerprint density at radius 1 is 1.09 bits per heavy atom. The van der Waals surface area contributed by atoms with Crippen LogP contribution in [0.2, 0.25) is 0 Å². The third kappa shape index (κ3) is 5.82. The number of carbonyl (C=O) groups excluding carboxylic acids is 1. The molecule has 1 heterocycles. The molecule has 0 spiro atoms. The van der Waals surface area contributed by atoms with Gasteiger partial charge in [-0.25, -0.2) is 0 Å². The molecule has 7 nitrogen and oxygen atoms in total. The van der Waals surface area contributed by atoms with Crippen LogP contribution in [0.5, 0.6) is 11.5 Å². The summed E-state index contributed by atoms with van der Waals surface area (Å²) in [6, 6.07) is 11.9. The van der Waals surface area contributed by atoms with Gasteiger partial charge in [-0.2, -0.15) is 0 Å². The number of ether oxygens (including phenoxy) is 2. The zero-order valence-corrected chi connectivity index (χ0v) is 20.2. The van der Waals surface area contributed by atoms with Gasteiger partial charge in [-0.1, -0.05) is 43.8 Å². The van der Waals surface area contributed by atoms with Gasteiger partial charge >= 0.3 is 0 Å². The molecule has 3 aromatic rings. The molecule has 0 fully saturated rings. The number of aryl methyl sites for hydroxylation is 2. The fraction of sp³-hybridized carbons (Fsp3) is 0.375. The Balaban J connectivity index is 1.60. The number of aromatic nitrogens is 3. The molecule has 0 saturated carbocycles. The van der Waals surface area contributed by atoms with Gasteiger partial charge in [-0.3, -0.25) is 4.79 Å². The molecular formula is C24H30N4O3S. The van der Waals surface area contributed by atoms with Crippen molar-refractivity contribution in [3.05, 3.63) is 58.9 Å². The van der Waals surface area contributed by atoms with Gasteiger partial charge in [0.2, 0.25) is 5.91 Å². The van der Waals surface area contributed by atoms with Crippen LogP contribution in [0.15, 0.2) is 41.6 Å². The minimum atomic E-state index is -0.138. The predicted octanol–water partition coefficient (Wildman–Crippen LogP) is 4.87. The average molecular weight is 455 g/mol. The first-order valence-electron chi connectivity index (χ1n) is 10.5. The number of hydrogen-bond donors (Lipinski definition) is 1. The fourth-order valence-corrected chi connectivity index (χ4v) is 3.95. The maximum absolute atomic E-state index is 12.5. The van der Waals surface area contributed by atoms with E-state index in [0.717, 1.165) is 22.4 Å². The molecule has 32 heavy (non-hydrogen) atoms. The highest BCUT2D eigenvalue weighted by Gasteiger charge is 2.15. The summed E-state index contributed by atoms with van der Waals surface area (Å²) >= 11 is 1.33. The average Bonchev–Trinajstić information content (AvgIpc) is 3.10. The van der Waals surface area contributed by atoms with Crippen LogP contribution in [0.3, 0.4) is 0 Å². The van der Waals surface area contributed by atoms with Gasteiger partial charge in [0.15, 0.2) is 11.0 Å². The highest BCUT2D eigenvalue weighted by molar-refractivity contribution is 7.99. The topological polar surface area (TPSA) is 78.3 Å². The van der Waals surface area contributed by atoms with Gasteiger partial charge in [0.25, 0.3) is 0 Å². The standard InChI is InChI=1S/C24H30N4O3S/c1-15(2)18-9-7-17(4)12-21(18)31-13-22-26-27-24(28(22)5)32-14-23(29)25-19-11-16(3)8-10-20(19)30-6/h7-12,15H,13-14H2,1-6H3,(H,25,29). The van der Waals surface area contributed by atoms with Crippen molar-refractivity contribution in [1.82, 2.24) is 14.8 Å². The number of carbonyl (C=O) groups is 1. The molecule has 1 aromatic heterocycles. The van der Waals surface area contributed by atoms with E-state index in [9.17, 15) is 4.79 Å². The second-order valence-corrected chi connectivity index (χ2v) is 8.93. The summed E-state index contributed by atoms with van der Waals surface area (Å²) in [7, 11) is 3.46. The van der Waals surface area contributed by atoms with Crippen molar-refractivity contribution in [1.29, 1.82) is 0 Å². The van der Waals surface area contributed by atoms with Crippen molar-refractivity contribution in [2.75, 3.05) is 18.2 Å². The van der Waals surface area contributed by atoms with E-state index in [1.165, 1.54) is 11.8 Å². The van der Waals surface area contributed by atoms with E-state index < -0.39 is 0 Å². The molecule has 8 heteroatoms. The predicted molar refractivity (Wildman–Crippen MR) is 128 cm³/mol. The molecule has 0 unspecified atom stereocenters. The molecule has 0 bridgehead atoms. The quantitative estimate of drug-likeness (QED) is 0.465. The maximum Gasteiger partial charge on any atom is 0.234 e. The van der Waals surface area contributed by atoms with Crippen LogP contribution in [0, 0.1) is 13.8 Å². The number of anilines is 1. The second-order valence-electron chi connectivity index (χ2n) is 7.98. The van der Waals surface area contributed by atoms with Crippen molar-refractivity contribution in [3.63, 3.8) is 0 Å².